The lowest BCUT2D eigenvalue weighted by Crippen LogP contribution is -2.31. The maximum atomic E-state index is 5.96. The van der Waals surface area contributed by atoms with Gasteiger partial charge in [0.2, 0.25) is 0 Å². The molecule has 1 aliphatic rings. The first-order chi connectivity index (χ1) is 5.84. The Kier molecular flexibility index (Phi) is 4.58. The largest absolute Gasteiger partial charge is 0.382 e. The molecular formula is C9H19NO2. The Morgan fingerprint density at radius 1 is 1.67 bits per heavy atom. The van der Waals surface area contributed by atoms with E-state index in [1.165, 1.54) is 0 Å². The van der Waals surface area contributed by atoms with E-state index in [-0.39, 0.29) is 6.04 Å². The van der Waals surface area contributed by atoms with Gasteiger partial charge in [0, 0.05) is 25.9 Å². The van der Waals surface area contributed by atoms with Crippen LogP contribution in [0, 0.1) is 5.92 Å². The molecule has 0 amide bonds. The van der Waals surface area contributed by atoms with Crippen molar-refractivity contribution in [1.82, 2.24) is 0 Å². The van der Waals surface area contributed by atoms with Crippen LogP contribution in [0.25, 0.3) is 0 Å². The third kappa shape index (κ3) is 3.09. The predicted molar refractivity (Wildman–Crippen MR) is 48.0 cm³/mol. The second-order valence-electron chi connectivity index (χ2n) is 3.27. The molecule has 1 fully saturated rings. The highest BCUT2D eigenvalue weighted by molar-refractivity contribution is 4.75. The number of hydrogen-bond donors (Lipinski definition) is 1. The van der Waals surface area contributed by atoms with E-state index in [0.717, 1.165) is 39.3 Å². The molecule has 0 aliphatic carbocycles. The molecule has 2 unspecified atom stereocenters. The van der Waals surface area contributed by atoms with Gasteiger partial charge in [-0.05, 0) is 25.7 Å². The minimum atomic E-state index is 0.263. The van der Waals surface area contributed by atoms with E-state index in [1.807, 2.05) is 6.92 Å². The third-order valence-electron chi connectivity index (χ3n) is 2.37. The molecule has 0 spiro atoms. The molecule has 3 nitrogen and oxygen atoms in total. The first-order valence-corrected chi connectivity index (χ1v) is 4.75. The lowest BCUT2D eigenvalue weighted by atomic mass is 9.98. The standard InChI is InChI=1S/C9H19NO2/c1-2-11-6-4-9(10)8-3-5-12-7-8/h8-9H,2-7,10H2,1H3. The van der Waals surface area contributed by atoms with E-state index >= 15 is 0 Å². The highest BCUT2D eigenvalue weighted by Gasteiger charge is 2.22. The van der Waals surface area contributed by atoms with E-state index in [4.69, 9.17) is 15.2 Å². The summed E-state index contributed by atoms with van der Waals surface area (Å²) < 4.78 is 10.5. The molecule has 1 saturated heterocycles. The van der Waals surface area contributed by atoms with Crippen LogP contribution in [-0.2, 0) is 9.47 Å². The fraction of sp³-hybridized carbons (Fsp3) is 1.00. The van der Waals surface area contributed by atoms with E-state index in [0.29, 0.717) is 5.92 Å². The Morgan fingerprint density at radius 2 is 2.50 bits per heavy atom. The Hall–Kier alpha value is -0.120. The van der Waals surface area contributed by atoms with Crippen molar-refractivity contribution in [2.75, 3.05) is 26.4 Å². The van der Waals surface area contributed by atoms with Crippen LogP contribution in [-0.4, -0.2) is 32.5 Å². The molecule has 12 heavy (non-hydrogen) atoms. The summed E-state index contributed by atoms with van der Waals surface area (Å²) in [5.74, 6) is 0.561. The SMILES string of the molecule is CCOCCC(N)C1CCOC1. The zero-order chi connectivity index (χ0) is 8.81. The summed E-state index contributed by atoms with van der Waals surface area (Å²) in [7, 11) is 0. The van der Waals surface area contributed by atoms with Crippen molar-refractivity contribution in [1.29, 1.82) is 0 Å². The van der Waals surface area contributed by atoms with Crippen molar-refractivity contribution >= 4 is 0 Å². The molecule has 1 heterocycles. The van der Waals surface area contributed by atoms with Gasteiger partial charge in [-0.15, -0.1) is 0 Å². The van der Waals surface area contributed by atoms with Gasteiger partial charge in [-0.1, -0.05) is 0 Å². The summed E-state index contributed by atoms with van der Waals surface area (Å²) >= 11 is 0. The van der Waals surface area contributed by atoms with Crippen LogP contribution in [0.15, 0.2) is 0 Å². The highest BCUT2D eigenvalue weighted by atomic mass is 16.5. The molecule has 0 saturated carbocycles. The molecule has 0 aromatic rings. The van der Waals surface area contributed by atoms with Crippen LogP contribution >= 0.6 is 0 Å². The van der Waals surface area contributed by atoms with Crippen molar-refractivity contribution in [2.45, 2.75) is 25.8 Å². The van der Waals surface area contributed by atoms with Crippen LogP contribution in [0.5, 0.6) is 0 Å². The minimum Gasteiger partial charge on any atom is -0.382 e. The zero-order valence-corrected chi connectivity index (χ0v) is 7.79. The summed E-state index contributed by atoms with van der Waals surface area (Å²) in [6.07, 6.45) is 2.08. The molecule has 2 atom stereocenters. The van der Waals surface area contributed by atoms with Gasteiger partial charge in [-0.25, -0.2) is 0 Å². The Bertz CT molecular complexity index is 113. The third-order valence-corrected chi connectivity index (χ3v) is 2.37. The molecular weight excluding hydrogens is 154 g/mol. The zero-order valence-electron chi connectivity index (χ0n) is 7.79. The van der Waals surface area contributed by atoms with Gasteiger partial charge >= 0.3 is 0 Å². The fourth-order valence-corrected chi connectivity index (χ4v) is 1.49. The number of hydrogen-bond acceptors (Lipinski definition) is 3. The summed E-state index contributed by atoms with van der Waals surface area (Å²) in [5, 5.41) is 0. The van der Waals surface area contributed by atoms with E-state index < -0.39 is 0 Å². The first-order valence-electron chi connectivity index (χ1n) is 4.75. The van der Waals surface area contributed by atoms with Crippen LogP contribution < -0.4 is 5.73 Å². The Labute approximate surface area is 74.2 Å². The quantitative estimate of drug-likeness (QED) is 0.625. The van der Waals surface area contributed by atoms with Gasteiger partial charge in [-0.2, -0.15) is 0 Å². The van der Waals surface area contributed by atoms with Crippen LogP contribution in [0.1, 0.15) is 19.8 Å². The van der Waals surface area contributed by atoms with Gasteiger partial charge < -0.3 is 15.2 Å². The van der Waals surface area contributed by atoms with Crippen LogP contribution in [0.2, 0.25) is 0 Å². The van der Waals surface area contributed by atoms with E-state index in [9.17, 15) is 0 Å². The first kappa shape index (κ1) is 9.96. The summed E-state index contributed by atoms with van der Waals surface area (Å²) in [4.78, 5) is 0. The van der Waals surface area contributed by atoms with Gasteiger partial charge in [-0.3, -0.25) is 0 Å². The van der Waals surface area contributed by atoms with Crippen molar-refractivity contribution in [3.63, 3.8) is 0 Å². The van der Waals surface area contributed by atoms with Gasteiger partial charge in [0.1, 0.15) is 0 Å². The fourth-order valence-electron chi connectivity index (χ4n) is 1.49. The molecule has 0 aromatic carbocycles. The van der Waals surface area contributed by atoms with Crippen LogP contribution in [0.3, 0.4) is 0 Å². The lowest BCUT2D eigenvalue weighted by Gasteiger charge is -2.16. The summed E-state index contributed by atoms with van der Waals surface area (Å²) in [6.45, 7) is 5.30. The second-order valence-corrected chi connectivity index (χ2v) is 3.27. The second kappa shape index (κ2) is 5.51. The Balaban J connectivity index is 2.05. The van der Waals surface area contributed by atoms with Gasteiger partial charge in [0.15, 0.2) is 0 Å². The van der Waals surface area contributed by atoms with Crippen molar-refractivity contribution < 1.29 is 9.47 Å². The van der Waals surface area contributed by atoms with E-state index in [2.05, 4.69) is 0 Å². The molecule has 3 heteroatoms. The predicted octanol–water partition coefficient (Wildman–Crippen LogP) is 0.777. The number of rotatable bonds is 5. The van der Waals surface area contributed by atoms with Crippen molar-refractivity contribution in [2.24, 2.45) is 11.7 Å². The molecule has 1 rings (SSSR count). The van der Waals surface area contributed by atoms with Crippen molar-refractivity contribution in [3.05, 3.63) is 0 Å². The molecule has 0 aromatic heterocycles. The summed E-state index contributed by atoms with van der Waals surface area (Å²) in [6, 6.07) is 0.263. The molecule has 1 aliphatic heterocycles. The number of nitrogens with two attached hydrogens (primary N) is 1. The van der Waals surface area contributed by atoms with E-state index in [1.54, 1.807) is 0 Å². The smallest absolute Gasteiger partial charge is 0.0509 e. The van der Waals surface area contributed by atoms with Crippen molar-refractivity contribution in [3.8, 4) is 0 Å². The number of ether oxygens (including phenoxy) is 2. The average molecular weight is 173 g/mol. The topological polar surface area (TPSA) is 44.5 Å². The van der Waals surface area contributed by atoms with Gasteiger partial charge in [0.25, 0.3) is 0 Å². The molecule has 0 bridgehead atoms. The maximum Gasteiger partial charge on any atom is 0.0509 e. The average Bonchev–Trinajstić information content (AvgIpc) is 2.56. The lowest BCUT2D eigenvalue weighted by molar-refractivity contribution is 0.129. The molecule has 2 N–H and O–H groups in total. The monoisotopic (exact) mass is 173 g/mol. The Morgan fingerprint density at radius 3 is 3.08 bits per heavy atom. The highest BCUT2D eigenvalue weighted by Crippen LogP contribution is 2.17. The minimum absolute atomic E-state index is 0.263. The van der Waals surface area contributed by atoms with Crippen LogP contribution in [0.4, 0.5) is 0 Å². The molecule has 72 valence electrons. The maximum absolute atomic E-state index is 5.96. The normalized spacial score (nSPS) is 26.0. The van der Waals surface area contributed by atoms with Gasteiger partial charge in [0.05, 0.1) is 6.61 Å². The molecule has 0 radical (unpaired) electrons. The summed E-state index contributed by atoms with van der Waals surface area (Å²) in [5.41, 5.74) is 5.96.